The van der Waals surface area contributed by atoms with Crippen molar-refractivity contribution >= 4 is 11.8 Å². The van der Waals surface area contributed by atoms with E-state index in [1.165, 1.54) is 6.26 Å². The molecule has 0 unspecified atom stereocenters. The molecule has 1 aliphatic carbocycles. The molecule has 7 heteroatoms. The third-order valence-electron chi connectivity index (χ3n) is 5.70. The van der Waals surface area contributed by atoms with Gasteiger partial charge in [-0.25, -0.2) is 0 Å². The van der Waals surface area contributed by atoms with E-state index in [2.05, 4.69) is 10.3 Å². The molecule has 1 aliphatic heterocycles. The van der Waals surface area contributed by atoms with Gasteiger partial charge in [0.05, 0.1) is 12.4 Å². The predicted molar refractivity (Wildman–Crippen MR) is 106 cm³/mol. The number of nitrogens with one attached hydrogen (secondary N) is 1. The Labute approximate surface area is 170 Å². The minimum atomic E-state index is -0.764. The minimum Gasteiger partial charge on any atom is -0.459 e. The van der Waals surface area contributed by atoms with E-state index in [0.717, 1.165) is 44.1 Å². The van der Waals surface area contributed by atoms with E-state index >= 15 is 0 Å². The summed E-state index contributed by atoms with van der Waals surface area (Å²) in [7, 11) is 0. The van der Waals surface area contributed by atoms with Crippen molar-refractivity contribution in [1.29, 1.82) is 0 Å². The molecule has 2 atom stereocenters. The van der Waals surface area contributed by atoms with Crippen LogP contribution in [-0.4, -0.2) is 47.0 Å². The largest absolute Gasteiger partial charge is 0.459 e. The molecule has 2 aromatic rings. The summed E-state index contributed by atoms with van der Waals surface area (Å²) in [4.78, 5) is 32.4. The number of nitrogens with zero attached hydrogens (tertiary/aromatic N) is 2. The average Bonchev–Trinajstić information content (AvgIpc) is 3.51. The van der Waals surface area contributed by atoms with Gasteiger partial charge in [-0.2, -0.15) is 0 Å². The molecule has 2 fully saturated rings. The second-order valence-electron chi connectivity index (χ2n) is 7.74. The third kappa shape index (κ3) is 4.67. The Hall–Kier alpha value is -2.67. The Morgan fingerprint density at radius 2 is 1.93 bits per heavy atom. The third-order valence-corrected chi connectivity index (χ3v) is 5.70. The molecular weight excluding hydrogens is 370 g/mol. The molecule has 1 saturated heterocycles. The zero-order valence-corrected chi connectivity index (χ0v) is 16.5. The van der Waals surface area contributed by atoms with E-state index < -0.39 is 6.04 Å². The number of ether oxygens (including phenoxy) is 1. The number of furan rings is 1. The Morgan fingerprint density at radius 1 is 1.14 bits per heavy atom. The molecular formula is C22H27N3O4. The van der Waals surface area contributed by atoms with E-state index in [1.807, 2.05) is 0 Å². The van der Waals surface area contributed by atoms with Gasteiger partial charge in [-0.15, -0.1) is 0 Å². The van der Waals surface area contributed by atoms with E-state index in [1.54, 1.807) is 41.6 Å². The van der Waals surface area contributed by atoms with Crippen LogP contribution in [0.15, 0.2) is 47.3 Å². The van der Waals surface area contributed by atoms with Crippen LogP contribution in [0, 0.1) is 0 Å². The Balaban J connectivity index is 1.65. The van der Waals surface area contributed by atoms with Crippen molar-refractivity contribution in [2.75, 3.05) is 13.2 Å². The fourth-order valence-electron chi connectivity index (χ4n) is 4.22. The molecule has 2 aromatic heterocycles. The van der Waals surface area contributed by atoms with Crippen molar-refractivity contribution in [1.82, 2.24) is 15.2 Å². The minimum absolute atomic E-state index is 0.0856. The van der Waals surface area contributed by atoms with Gasteiger partial charge < -0.3 is 19.4 Å². The quantitative estimate of drug-likeness (QED) is 0.776. The highest BCUT2D eigenvalue weighted by Gasteiger charge is 2.36. The maximum atomic E-state index is 13.4. The Bertz CT molecular complexity index is 797. The number of pyridine rings is 1. The van der Waals surface area contributed by atoms with Gasteiger partial charge in [-0.3, -0.25) is 14.6 Å². The standard InChI is InChI=1S/C22H27N3O4/c26-21(24-17-5-1-2-6-17)20(16-9-11-23-12-10-16)25(15-18-7-3-13-28-18)22(27)19-8-4-14-29-19/h4,8-12,14,17-18,20H,1-3,5-7,13,15H2,(H,24,26)/t18-,20-/m1/s1. The van der Waals surface area contributed by atoms with Crippen LogP contribution < -0.4 is 5.32 Å². The van der Waals surface area contributed by atoms with Crippen LogP contribution in [0.25, 0.3) is 0 Å². The first-order valence-electron chi connectivity index (χ1n) is 10.4. The number of hydrogen-bond donors (Lipinski definition) is 1. The summed E-state index contributed by atoms with van der Waals surface area (Å²) >= 11 is 0. The second-order valence-corrected chi connectivity index (χ2v) is 7.74. The average molecular weight is 397 g/mol. The Morgan fingerprint density at radius 3 is 2.59 bits per heavy atom. The lowest BCUT2D eigenvalue weighted by molar-refractivity contribution is -0.127. The number of aromatic nitrogens is 1. The Kier molecular flexibility index (Phi) is 6.24. The maximum Gasteiger partial charge on any atom is 0.290 e. The van der Waals surface area contributed by atoms with Crippen molar-refractivity contribution < 1.29 is 18.7 Å². The smallest absolute Gasteiger partial charge is 0.290 e. The van der Waals surface area contributed by atoms with E-state index in [-0.39, 0.29) is 29.7 Å². The summed E-state index contributed by atoms with van der Waals surface area (Å²) in [5, 5.41) is 3.16. The van der Waals surface area contributed by atoms with Crippen molar-refractivity contribution in [3.05, 3.63) is 54.2 Å². The number of hydrogen-bond acceptors (Lipinski definition) is 5. The molecule has 0 spiro atoms. The first-order chi connectivity index (χ1) is 14.2. The monoisotopic (exact) mass is 397 g/mol. The number of carbonyl (C=O) groups is 2. The van der Waals surface area contributed by atoms with Gasteiger partial charge in [0.25, 0.3) is 5.91 Å². The van der Waals surface area contributed by atoms with Crippen LogP contribution >= 0.6 is 0 Å². The lowest BCUT2D eigenvalue weighted by Crippen LogP contribution is -2.48. The fraction of sp³-hybridized carbons (Fsp3) is 0.500. The van der Waals surface area contributed by atoms with Gasteiger partial charge in [0, 0.05) is 31.6 Å². The first-order valence-corrected chi connectivity index (χ1v) is 10.4. The van der Waals surface area contributed by atoms with Gasteiger partial charge in [0.1, 0.15) is 6.04 Å². The lowest BCUT2D eigenvalue weighted by Gasteiger charge is -2.33. The van der Waals surface area contributed by atoms with Gasteiger partial charge in [0.2, 0.25) is 5.91 Å². The molecule has 154 valence electrons. The molecule has 1 saturated carbocycles. The highest BCUT2D eigenvalue weighted by molar-refractivity contribution is 5.96. The highest BCUT2D eigenvalue weighted by atomic mass is 16.5. The van der Waals surface area contributed by atoms with Crippen LogP contribution in [0.4, 0.5) is 0 Å². The summed E-state index contributed by atoms with van der Waals surface area (Å²) in [6, 6.07) is 6.28. The van der Waals surface area contributed by atoms with Gasteiger partial charge in [-0.1, -0.05) is 12.8 Å². The molecule has 29 heavy (non-hydrogen) atoms. The zero-order valence-electron chi connectivity index (χ0n) is 16.5. The summed E-state index contributed by atoms with van der Waals surface area (Å²) in [5.41, 5.74) is 0.730. The molecule has 2 amide bonds. The lowest BCUT2D eigenvalue weighted by atomic mass is 10.0. The van der Waals surface area contributed by atoms with Crippen LogP contribution in [0.5, 0.6) is 0 Å². The van der Waals surface area contributed by atoms with Crippen LogP contribution in [0.2, 0.25) is 0 Å². The molecule has 0 aromatic carbocycles. The van der Waals surface area contributed by atoms with Gasteiger partial charge >= 0.3 is 0 Å². The fourth-order valence-corrected chi connectivity index (χ4v) is 4.22. The summed E-state index contributed by atoms with van der Waals surface area (Å²) < 4.78 is 11.1. The van der Waals surface area contributed by atoms with Crippen LogP contribution in [0.1, 0.15) is 60.7 Å². The van der Waals surface area contributed by atoms with Gasteiger partial charge in [0.15, 0.2) is 5.76 Å². The predicted octanol–water partition coefficient (Wildman–Crippen LogP) is 3.10. The number of rotatable bonds is 7. The van der Waals surface area contributed by atoms with Crippen molar-refractivity contribution in [3.8, 4) is 0 Å². The number of amides is 2. The van der Waals surface area contributed by atoms with Crippen molar-refractivity contribution in [3.63, 3.8) is 0 Å². The van der Waals surface area contributed by atoms with Crippen LogP contribution in [0.3, 0.4) is 0 Å². The van der Waals surface area contributed by atoms with E-state index in [4.69, 9.17) is 9.15 Å². The molecule has 7 nitrogen and oxygen atoms in total. The second kappa shape index (κ2) is 9.22. The maximum absolute atomic E-state index is 13.4. The van der Waals surface area contributed by atoms with E-state index in [0.29, 0.717) is 13.2 Å². The van der Waals surface area contributed by atoms with E-state index in [9.17, 15) is 9.59 Å². The normalized spacial score (nSPS) is 20.5. The number of carbonyl (C=O) groups excluding carboxylic acids is 2. The molecule has 3 heterocycles. The zero-order chi connectivity index (χ0) is 20.1. The summed E-state index contributed by atoms with van der Waals surface area (Å²) in [6.45, 7) is 1.02. The van der Waals surface area contributed by atoms with Crippen molar-refractivity contribution in [2.24, 2.45) is 0 Å². The topological polar surface area (TPSA) is 84.7 Å². The molecule has 1 N–H and O–H groups in total. The van der Waals surface area contributed by atoms with Gasteiger partial charge in [-0.05, 0) is 55.5 Å². The summed E-state index contributed by atoms with van der Waals surface area (Å²) in [6.07, 6.45) is 10.7. The highest BCUT2D eigenvalue weighted by Crippen LogP contribution is 2.27. The summed E-state index contributed by atoms with van der Waals surface area (Å²) in [5.74, 6) is -0.259. The molecule has 2 aliphatic rings. The van der Waals surface area contributed by atoms with Crippen molar-refractivity contribution in [2.45, 2.75) is 56.7 Å². The van der Waals surface area contributed by atoms with Crippen LogP contribution in [-0.2, 0) is 9.53 Å². The SMILES string of the molecule is O=C(NC1CCCC1)[C@@H](c1ccncc1)N(C[C@H]1CCCO1)C(=O)c1ccco1. The molecule has 0 bridgehead atoms. The molecule has 4 rings (SSSR count). The molecule has 0 radical (unpaired) electrons. The first kappa shape index (κ1) is 19.6.